The Morgan fingerprint density at radius 2 is 1.95 bits per heavy atom. The maximum atomic E-state index is 12.7. The number of nitrogens with one attached hydrogen (secondary N) is 1. The molecule has 2 fully saturated rings. The number of nitrogens with zero attached hydrogens (tertiary/aromatic N) is 1. The van der Waals surface area contributed by atoms with Crippen molar-refractivity contribution >= 4 is 5.91 Å². The summed E-state index contributed by atoms with van der Waals surface area (Å²) in [5, 5.41) is 13.1. The number of hydrogen-bond acceptors (Lipinski definition) is 3. The number of aliphatic hydroxyl groups is 1. The van der Waals surface area contributed by atoms with E-state index in [0.29, 0.717) is 12.0 Å². The minimum Gasteiger partial charge on any atom is -0.393 e. The van der Waals surface area contributed by atoms with E-state index in [1.165, 1.54) is 0 Å². The zero-order valence-electron chi connectivity index (χ0n) is 12.4. The predicted molar refractivity (Wildman–Crippen MR) is 75.6 cm³/mol. The molecule has 1 heterocycles. The van der Waals surface area contributed by atoms with E-state index in [4.69, 9.17) is 0 Å². The van der Waals surface area contributed by atoms with Crippen molar-refractivity contribution < 1.29 is 9.90 Å². The summed E-state index contributed by atoms with van der Waals surface area (Å²) in [4.78, 5) is 14.7. The van der Waals surface area contributed by atoms with Gasteiger partial charge in [-0.3, -0.25) is 10.1 Å². The van der Waals surface area contributed by atoms with Gasteiger partial charge >= 0.3 is 0 Å². The van der Waals surface area contributed by atoms with Gasteiger partial charge in [-0.2, -0.15) is 0 Å². The van der Waals surface area contributed by atoms with Crippen molar-refractivity contribution in [1.82, 2.24) is 10.2 Å². The van der Waals surface area contributed by atoms with Gasteiger partial charge in [-0.15, -0.1) is 0 Å². The third-order valence-corrected chi connectivity index (χ3v) is 4.89. The van der Waals surface area contributed by atoms with Crippen LogP contribution in [0.3, 0.4) is 0 Å². The quantitative estimate of drug-likeness (QED) is 0.818. The number of amides is 1. The highest BCUT2D eigenvalue weighted by atomic mass is 16.3. The molecule has 0 aromatic rings. The van der Waals surface area contributed by atoms with E-state index in [1.54, 1.807) is 0 Å². The van der Waals surface area contributed by atoms with Crippen LogP contribution in [0.4, 0.5) is 0 Å². The fourth-order valence-corrected chi connectivity index (χ4v) is 3.40. The third kappa shape index (κ3) is 2.95. The van der Waals surface area contributed by atoms with Crippen molar-refractivity contribution in [2.75, 3.05) is 0 Å². The number of aliphatic hydroxyl groups excluding tert-OH is 1. The molecule has 3 unspecified atom stereocenters. The molecule has 1 aliphatic heterocycles. The van der Waals surface area contributed by atoms with Gasteiger partial charge in [0.05, 0.1) is 18.3 Å². The van der Waals surface area contributed by atoms with Crippen LogP contribution < -0.4 is 5.32 Å². The number of carbonyl (C=O) groups is 1. The summed E-state index contributed by atoms with van der Waals surface area (Å²) in [6.45, 7) is 6.42. The molecule has 1 aliphatic carbocycles. The van der Waals surface area contributed by atoms with Crippen LogP contribution in [0.25, 0.3) is 0 Å². The number of hydrogen-bond donors (Lipinski definition) is 2. The summed E-state index contributed by atoms with van der Waals surface area (Å²) in [6, 6.07) is 0.309. The molecule has 0 aromatic carbocycles. The molecular formula is C15H28N2O2. The van der Waals surface area contributed by atoms with E-state index in [9.17, 15) is 9.90 Å². The highest BCUT2D eigenvalue weighted by molar-refractivity contribution is 5.85. The fraction of sp³-hybridized carbons (Fsp3) is 0.933. The molecule has 2 rings (SSSR count). The van der Waals surface area contributed by atoms with Crippen LogP contribution >= 0.6 is 0 Å². The molecule has 1 amide bonds. The summed E-state index contributed by atoms with van der Waals surface area (Å²) >= 11 is 0. The van der Waals surface area contributed by atoms with Crippen LogP contribution in [0.15, 0.2) is 0 Å². The molecule has 4 heteroatoms. The average molecular weight is 268 g/mol. The molecular weight excluding hydrogens is 240 g/mol. The Hall–Kier alpha value is -0.610. The number of rotatable bonds is 4. The molecule has 0 bridgehead atoms. The topological polar surface area (TPSA) is 52.6 Å². The highest BCUT2D eigenvalue weighted by Gasteiger charge is 2.43. The van der Waals surface area contributed by atoms with Crippen molar-refractivity contribution in [2.45, 2.75) is 83.6 Å². The maximum Gasteiger partial charge on any atom is 0.241 e. The first-order chi connectivity index (χ1) is 9.08. The number of carbonyl (C=O) groups excluding carboxylic acids is 1. The van der Waals surface area contributed by atoms with Gasteiger partial charge in [-0.1, -0.05) is 27.2 Å². The van der Waals surface area contributed by atoms with Gasteiger partial charge in [0.25, 0.3) is 0 Å². The Bertz CT molecular complexity index is 313. The summed E-state index contributed by atoms with van der Waals surface area (Å²) in [5.74, 6) is 0.670. The predicted octanol–water partition coefficient (Wildman–Crippen LogP) is 1.87. The summed E-state index contributed by atoms with van der Waals surface area (Å²) < 4.78 is 0. The van der Waals surface area contributed by atoms with E-state index < -0.39 is 0 Å². The first-order valence-corrected chi connectivity index (χ1v) is 7.84. The van der Waals surface area contributed by atoms with Crippen LogP contribution in [0.5, 0.6) is 0 Å². The second kappa shape index (κ2) is 6.23. The van der Waals surface area contributed by atoms with Gasteiger partial charge in [0.1, 0.15) is 0 Å². The molecule has 2 aliphatic rings. The Kier molecular flexibility index (Phi) is 4.85. The second-order valence-electron chi connectivity index (χ2n) is 6.16. The first kappa shape index (κ1) is 14.8. The van der Waals surface area contributed by atoms with E-state index in [-0.39, 0.29) is 24.2 Å². The fourth-order valence-electron chi connectivity index (χ4n) is 3.40. The molecule has 0 radical (unpaired) electrons. The second-order valence-corrected chi connectivity index (χ2v) is 6.16. The SMILES string of the molecule is CCC(C)C1NC(CC)N(C2CCC(O)CC2)C1=O. The van der Waals surface area contributed by atoms with Crippen molar-refractivity contribution in [3.63, 3.8) is 0 Å². The molecule has 4 nitrogen and oxygen atoms in total. The third-order valence-electron chi connectivity index (χ3n) is 4.89. The van der Waals surface area contributed by atoms with Crippen LogP contribution in [0.2, 0.25) is 0 Å². The standard InChI is InChI=1S/C15H28N2O2/c1-4-10(3)14-15(19)17(13(5-2)16-14)11-6-8-12(18)9-7-11/h10-14,16,18H,4-9H2,1-3H3. The zero-order chi connectivity index (χ0) is 14.0. The zero-order valence-corrected chi connectivity index (χ0v) is 12.4. The van der Waals surface area contributed by atoms with Crippen LogP contribution in [0.1, 0.15) is 59.3 Å². The van der Waals surface area contributed by atoms with Gasteiger partial charge < -0.3 is 10.0 Å². The van der Waals surface area contributed by atoms with Crippen molar-refractivity contribution in [1.29, 1.82) is 0 Å². The smallest absolute Gasteiger partial charge is 0.241 e. The lowest BCUT2D eigenvalue weighted by atomic mass is 9.91. The van der Waals surface area contributed by atoms with Crippen LogP contribution in [0, 0.1) is 5.92 Å². The van der Waals surface area contributed by atoms with Crippen molar-refractivity contribution in [2.24, 2.45) is 5.92 Å². The van der Waals surface area contributed by atoms with Crippen molar-refractivity contribution in [3.05, 3.63) is 0 Å². The minimum atomic E-state index is -0.160. The maximum absolute atomic E-state index is 12.7. The van der Waals surface area contributed by atoms with Gasteiger partial charge in [-0.25, -0.2) is 0 Å². The monoisotopic (exact) mass is 268 g/mol. The molecule has 110 valence electrons. The summed E-state index contributed by atoms with van der Waals surface area (Å²) in [5.41, 5.74) is 0. The van der Waals surface area contributed by atoms with Crippen molar-refractivity contribution in [3.8, 4) is 0 Å². The van der Waals surface area contributed by atoms with E-state index >= 15 is 0 Å². The Labute approximate surface area is 116 Å². The molecule has 1 saturated heterocycles. The summed E-state index contributed by atoms with van der Waals surface area (Å²) in [6.07, 6.45) is 5.56. The largest absolute Gasteiger partial charge is 0.393 e. The lowest BCUT2D eigenvalue weighted by Crippen LogP contribution is -2.46. The molecule has 2 N–H and O–H groups in total. The van der Waals surface area contributed by atoms with E-state index in [1.807, 2.05) is 0 Å². The molecule has 0 spiro atoms. The van der Waals surface area contributed by atoms with E-state index in [0.717, 1.165) is 38.5 Å². The van der Waals surface area contributed by atoms with Crippen LogP contribution in [-0.4, -0.2) is 40.3 Å². The molecule has 3 atom stereocenters. The summed E-state index contributed by atoms with van der Waals surface area (Å²) in [7, 11) is 0. The molecule has 1 saturated carbocycles. The van der Waals surface area contributed by atoms with Gasteiger partial charge in [0.15, 0.2) is 0 Å². The Morgan fingerprint density at radius 3 is 2.47 bits per heavy atom. The normalized spacial score (nSPS) is 37.7. The van der Waals surface area contributed by atoms with Gasteiger partial charge in [0, 0.05) is 6.04 Å². The van der Waals surface area contributed by atoms with E-state index in [2.05, 4.69) is 31.0 Å². The highest BCUT2D eigenvalue weighted by Crippen LogP contribution is 2.30. The van der Waals surface area contributed by atoms with Gasteiger partial charge in [-0.05, 0) is 38.0 Å². The van der Waals surface area contributed by atoms with Gasteiger partial charge in [0.2, 0.25) is 5.91 Å². The molecule has 0 aromatic heterocycles. The first-order valence-electron chi connectivity index (χ1n) is 7.84. The minimum absolute atomic E-state index is 0.0122. The Balaban J connectivity index is 2.07. The average Bonchev–Trinajstić information content (AvgIpc) is 2.76. The lowest BCUT2D eigenvalue weighted by molar-refractivity contribution is -0.134. The van der Waals surface area contributed by atoms with Crippen LogP contribution in [-0.2, 0) is 4.79 Å². The lowest BCUT2D eigenvalue weighted by Gasteiger charge is -2.36. The molecule has 19 heavy (non-hydrogen) atoms. The Morgan fingerprint density at radius 1 is 1.32 bits per heavy atom.